The number of ether oxygens (including phenoxy) is 2. The lowest BCUT2D eigenvalue weighted by Gasteiger charge is -2.29. The van der Waals surface area contributed by atoms with Crippen LogP contribution in [0.15, 0.2) is 18.2 Å². The molecular weight excluding hydrogens is 244 g/mol. The van der Waals surface area contributed by atoms with Gasteiger partial charge in [-0.15, -0.1) is 0 Å². The number of fused-ring (bicyclic) bond motifs is 1. The molecule has 4 nitrogen and oxygen atoms in total. The maximum atomic E-state index is 11.8. The zero-order chi connectivity index (χ0) is 13.9. The van der Waals surface area contributed by atoms with Gasteiger partial charge in [-0.2, -0.15) is 0 Å². The standard InChI is InChI=1S/C15H20O4/c1-3-7-15(8-4-2,14(16)17)11-5-6-12-13(9-11)19-10-18-12/h5-6,9H,3-4,7-8,10H2,1-2H3,(H,16,17). The molecule has 0 bridgehead atoms. The first-order valence-electron chi connectivity index (χ1n) is 6.77. The van der Waals surface area contributed by atoms with Crippen molar-refractivity contribution in [2.24, 2.45) is 0 Å². The van der Waals surface area contributed by atoms with E-state index in [9.17, 15) is 9.90 Å². The molecule has 0 unspecified atom stereocenters. The quantitative estimate of drug-likeness (QED) is 0.856. The topological polar surface area (TPSA) is 55.8 Å². The number of carbonyl (C=O) groups is 1. The Hall–Kier alpha value is -1.71. The van der Waals surface area contributed by atoms with Gasteiger partial charge in [0, 0.05) is 0 Å². The lowest BCUT2D eigenvalue weighted by molar-refractivity contribution is -0.144. The normalized spacial score (nSPS) is 13.6. The maximum Gasteiger partial charge on any atom is 0.314 e. The van der Waals surface area contributed by atoms with Crippen molar-refractivity contribution < 1.29 is 19.4 Å². The van der Waals surface area contributed by atoms with Crippen molar-refractivity contribution in [3.63, 3.8) is 0 Å². The van der Waals surface area contributed by atoms with Gasteiger partial charge in [-0.05, 0) is 30.5 Å². The molecule has 1 aromatic carbocycles. The average Bonchev–Trinajstić information content (AvgIpc) is 2.85. The molecule has 0 amide bonds. The summed E-state index contributed by atoms with van der Waals surface area (Å²) in [7, 11) is 0. The molecule has 1 N–H and O–H groups in total. The Labute approximate surface area is 113 Å². The number of hydrogen-bond donors (Lipinski definition) is 1. The first-order valence-corrected chi connectivity index (χ1v) is 6.77. The van der Waals surface area contributed by atoms with Crippen LogP contribution in [0.5, 0.6) is 11.5 Å². The van der Waals surface area contributed by atoms with Crippen LogP contribution >= 0.6 is 0 Å². The van der Waals surface area contributed by atoms with Gasteiger partial charge >= 0.3 is 5.97 Å². The second-order valence-electron chi connectivity index (χ2n) is 4.96. The summed E-state index contributed by atoms with van der Waals surface area (Å²) in [6, 6.07) is 5.48. The molecule has 0 atom stereocenters. The van der Waals surface area contributed by atoms with Crippen LogP contribution in [0.1, 0.15) is 45.1 Å². The van der Waals surface area contributed by atoms with Gasteiger partial charge in [0.2, 0.25) is 6.79 Å². The highest BCUT2D eigenvalue weighted by Crippen LogP contribution is 2.40. The van der Waals surface area contributed by atoms with Crippen molar-refractivity contribution >= 4 is 5.97 Å². The summed E-state index contributed by atoms with van der Waals surface area (Å²) in [5.41, 5.74) is -0.00208. The summed E-state index contributed by atoms with van der Waals surface area (Å²) in [6.07, 6.45) is 2.94. The van der Waals surface area contributed by atoms with Gasteiger partial charge in [0.15, 0.2) is 11.5 Å². The molecule has 0 radical (unpaired) electrons. The van der Waals surface area contributed by atoms with Crippen LogP contribution in [-0.4, -0.2) is 17.9 Å². The van der Waals surface area contributed by atoms with E-state index in [1.807, 2.05) is 26.0 Å². The molecule has 1 aliphatic heterocycles. The van der Waals surface area contributed by atoms with Gasteiger partial charge in [0.05, 0.1) is 5.41 Å². The van der Waals surface area contributed by atoms with Crippen molar-refractivity contribution in [2.75, 3.05) is 6.79 Å². The molecule has 0 spiro atoms. The van der Waals surface area contributed by atoms with Crippen molar-refractivity contribution in [1.82, 2.24) is 0 Å². The molecule has 1 aliphatic rings. The second-order valence-corrected chi connectivity index (χ2v) is 4.96. The first kappa shape index (κ1) is 13.7. The summed E-state index contributed by atoms with van der Waals surface area (Å²) < 4.78 is 10.6. The third kappa shape index (κ3) is 2.39. The highest BCUT2D eigenvalue weighted by Gasteiger charge is 2.39. The molecule has 0 fully saturated rings. The monoisotopic (exact) mass is 264 g/mol. The Morgan fingerprint density at radius 1 is 1.21 bits per heavy atom. The Morgan fingerprint density at radius 3 is 2.42 bits per heavy atom. The number of carboxylic acids is 1. The summed E-state index contributed by atoms with van der Waals surface area (Å²) in [6.45, 7) is 4.24. The molecule has 0 aromatic heterocycles. The molecule has 104 valence electrons. The molecule has 1 aromatic rings. The van der Waals surface area contributed by atoms with E-state index >= 15 is 0 Å². The molecular formula is C15H20O4. The fourth-order valence-corrected chi connectivity index (χ4v) is 2.80. The Balaban J connectivity index is 2.44. The molecule has 19 heavy (non-hydrogen) atoms. The van der Waals surface area contributed by atoms with E-state index in [2.05, 4.69) is 0 Å². The predicted octanol–water partition coefficient (Wildman–Crippen LogP) is 3.34. The summed E-state index contributed by atoms with van der Waals surface area (Å²) in [4.78, 5) is 11.8. The van der Waals surface area contributed by atoms with Gasteiger partial charge in [-0.1, -0.05) is 32.8 Å². The number of benzene rings is 1. The van der Waals surface area contributed by atoms with Gasteiger partial charge < -0.3 is 14.6 Å². The lowest BCUT2D eigenvalue weighted by atomic mass is 9.73. The predicted molar refractivity (Wildman–Crippen MR) is 71.7 cm³/mol. The van der Waals surface area contributed by atoms with Crippen LogP contribution < -0.4 is 9.47 Å². The second kappa shape index (κ2) is 5.51. The number of rotatable bonds is 6. The smallest absolute Gasteiger partial charge is 0.314 e. The van der Waals surface area contributed by atoms with E-state index in [-0.39, 0.29) is 6.79 Å². The van der Waals surface area contributed by atoms with Gasteiger partial charge in [-0.25, -0.2) is 0 Å². The molecule has 1 heterocycles. The van der Waals surface area contributed by atoms with E-state index in [4.69, 9.17) is 9.47 Å². The van der Waals surface area contributed by atoms with Crippen molar-refractivity contribution in [2.45, 2.75) is 44.9 Å². The van der Waals surface area contributed by atoms with Crippen LogP contribution in [0.25, 0.3) is 0 Å². The molecule has 0 saturated carbocycles. The SMILES string of the molecule is CCCC(CCC)(C(=O)O)c1ccc2c(c1)OCO2. The Kier molecular flexibility index (Phi) is 3.98. The Bertz CT molecular complexity index is 461. The van der Waals surface area contributed by atoms with E-state index in [1.165, 1.54) is 0 Å². The number of carboxylic acid groups (broad SMARTS) is 1. The van der Waals surface area contributed by atoms with Crippen molar-refractivity contribution in [1.29, 1.82) is 0 Å². The minimum Gasteiger partial charge on any atom is -0.481 e. The van der Waals surface area contributed by atoms with Crippen molar-refractivity contribution in [3.8, 4) is 11.5 Å². The van der Waals surface area contributed by atoms with E-state index in [0.29, 0.717) is 24.3 Å². The van der Waals surface area contributed by atoms with Crippen LogP contribution in [0.4, 0.5) is 0 Å². The fourth-order valence-electron chi connectivity index (χ4n) is 2.80. The largest absolute Gasteiger partial charge is 0.481 e. The maximum absolute atomic E-state index is 11.8. The minimum absolute atomic E-state index is 0.209. The number of hydrogen-bond acceptors (Lipinski definition) is 3. The minimum atomic E-state index is -0.815. The van der Waals surface area contributed by atoms with E-state index in [1.54, 1.807) is 6.07 Å². The van der Waals surface area contributed by atoms with Gasteiger partial charge in [0.25, 0.3) is 0 Å². The van der Waals surface area contributed by atoms with Crippen LogP contribution in [0.3, 0.4) is 0 Å². The van der Waals surface area contributed by atoms with E-state index < -0.39 is 11.4 Å². The van der Waals surface area contributed by atoms with Crippen LogP contribution in [-0.2, 0) is 10.2 Å². The summed E-state index contributed by atoms with van der Waals surface area (Å²) >= 11 is 0. The molecule has 0 aliphatic carbocycles. The van der Waals surface area contributed by atoms with Crippen LogP contribution in [0, 0.1) is 0 Å². The zero-order valence-corrected chi connectivity index (χ0v) is 11.4. The number of aliphatic carboxylic acids is 1. The third-order valence-corrected chi connectivity index (χ3v) is 3.69. The highest BCUT2D eigenvalue weighted by atomic mass is 16.7. The third-order valence-electron chi connectivity index (χ3n) is 3.69. The van der Waals surface area contributed by atoms with E-state index in [0.717, 1.165) is 18.4 Å². The lowest BCUT2D eigenvalue weighted by Crippen LogP contribution is -2.35. The molecule has 0 saturated heterocycles. The Morgan fingerprint density at radius 2 is 1.84 bits per heavy atom. The van der Waals surface area contributed by atoms with Crippen LogP contribution in [0.2, 0.25) is 0 Å². The van der Waals surface area contributed by atoms with Gasteiger partial charge in [0.1, 0.15) is 0 Å². The fraction of sp³-hybridized carbons (Fsp3) is 0.533. The zero-order valence-electron chi connectivity index (χ0n) is 11.4. The highest BCUT2D eigenvalue weighted by molar-refractivity contribution is 5.81. The van der Waals surface area contributed by atoms with Gasteiger partial charge in [-0.3, -0.25) is 4.79 Å². The average molecular weight is 264 g/mol. The molecule has 2 rings (SSSR count). The first-order chi connectivity index (χ1) is 9.14. The summed E-state index contributed by atoms with van der Waals surface area (Å²) in [5, 5.41) is 9.72. The summed E-state index contributed by atoms with van der Waals surface area (Å²) in [5.74, 6) is 0.585. The molecule has 4 heteroatoms. The van der Waals surface area contributed by atoms with Crippen molar-refractivity contribution in [3.05, 3.63) is 23.8 Å².